The highest BCUT2D eigenvalue weighted by atomic mass is 16.5. The minimum absolute atomic E-state index is 0.105. The van der Waals surface area contributed by atoms with Crippen LogP contribution >= 0.6 is 0 Å². The normalized spacial score (nSPS) is 16.0. The molecule has 2 rings (SSSR count). The zero-order chi connectivity index (χ0) is 13.8. The van der Waals surface area contributed by atoms with E-state index in [0.717, 1.165) is 12.1 Å². The van der Waals surface area contributed by atoms with Crippen molar-refractivity contribution < 1.29 is 14.3 Å². The molecule has 1 saturated heterocycles. The van der Waals surface area contributed by atoms with Crippen LogP contribution in [0.5, 0.6) is 0 Å². The fraction of sp³-hybridized carbons (Fsp3) is 0.357. The van der Waals surface area contributed by atoms with Crippen molar-refractivity contribution in [3.05, 3.63) is 29.8 Å². The van der Waals surface area contributed by atoms with Gasteiger partial charge in [-0.05, 0) is 37.6 Å². The van der Waals surface area contributed by atoms with Crippen molar-refractivity contribution in [1.29, 1.82) is 5.26 Å². The van der Waals surface area contributed by atoms with Gasteiger partial charge >= 0.3 is 5.97 Å². The molecule has 1 aromatic rings. The maximum absolute atomic E-state index is 11.7. The van der Waals surface area contributed by atoms with E-state index >= 15 is 0 Å². The van der Waals surface area contributed by atoms with Crippen LogP contribution in [0.15, 0.2) is 24.3 Å². The number of nitrogens with zero attached hydrogens (tertiary/aromatic N) is 2. The third-order valence-electron chi connectivity index (χ3n) is 2.95. The molecule has 0 aromatic heterocycles. The summed E-state index contributed by atoms with van der Waals surface area (Å²) in [6.07, 6.45) is 0.665. The first-order chi connectivity index (χ1) is 9.11. The van der Waals surface area contributed by atoms with Gasteiger partial charge in [-0.25, -0.2) is 4.79 Å². The molecule has 5 nitrogen and oxygen atoms in total. The molecule has 1 atom stereocenters. The van der Waals surface area contributed by atoms with E-state index in [1.807, 2.05) is 6.07 Å². The lowest BCUT2D eigenvalue weighted by atomic mass is 10.2. The maximum atomic E-state index is 11.7. The molecule has 0 spiro atoms. The number of rotatable bonds is 3. The molecular formula is C14H14N2O3. The Morgan fingerprint density at radius 3 is 2.63 bits per heavy atom. The van der Waals surface area contributed by atoms with Crippen LogP contribution in [0.1, 0.15) is 30.1 Å². The molecule has 1 heterocycles. The molecule has 0 N–H and O–H groups in total. The van der Waals surface area contributed by atoms with E-state index < -0.39 is 12.1 Å². The lowest BCUT2D eigenvalue weighted by Gasteiger charge is -2.15. The third kappa shape index (κ3) is 2.91. The molecule has 0 saturated carbocycles. The van der Waals surface area contributed by atoms with Crippen LogP contribution in [-0.4, -0.2) is 24.5 Å². The van der Waals surface area contributed by atoms with Gasteiger partial charge in [-0.1, -0.05) is 0 Å². The number of esters is 1. The summed E-state index contributed by atoms with van der Waals surface area (Å²) in [6.45, 7) is 2.23. The highest BCUT2D eigenvalue weighted by molar-refractivity contribution is 5.96. The Kier molecular flexibility index (Phi) is 3.81. The van der Waals surface area contributed by atoms with Crippen molar-refractivity contribution in [2.75, 3.05) is 11.4 Å². The number of nitriles is 1. The van der Waals surface area contributed by atoms with Gasteiger partial charge in [-0.2, -0.15) is 5.26 Å². The van der Waals surface area contributed by atoms with Crippen LogP contribution in [0.3, 0.4) is 0 Å². The number of carbonyl (C=O) groups excluding carboxylic acids is 2. The van der Waals surface area contributed by atoms with Crippen molar-refractivity contribution in [2.45, 2.75) is 25.9 Å². The summed E-state index contributed by atoms with van der Waals surface area (Å²) in [5.41, 5.74) is 1.16. The summed E-state index contributed by atoms with van der Waals surface area (Å²) in [5.74, 6) is -0.429. The minimum Gasteiger partial charge on any atom is -0.444 e. The molecule has 1 amide bonds. The summed E-state index contributed by atoms with van der Waals surface area (Å²) < 4.78 is 4.89. The Hall–Kier alpha value is -2.35. The van der Waals surface area contributed by atoms with Crippen LogP contribution in [-0.2, 0) is 9.53 Å². The number of carbonyl (C=O) groups is 2. The second-order valence-electron chi connectivity index (χ2n) is 4.37. The first-order valence-electron chi connectivity index (χ1n) is 6.13. The van der Waals surface area contributed by atoms with Crippen molar-refractivity contribution in [1.82, 2.24) is 0 Å². The van der Waals surface area contributed by atoms with Gasteiger partial charge in [-0.3, -0.25) is 4.79 Å². The van der Waals surface area contributed by atoms with Crippen LogP contribution in [0.2, 0.25) is 0 Å². The summed E-state index contributed by atoms with van der Waals surface area (Å²) in [5, 5.41) is 8.58. The molecule has 1 aliphatic rings. The molecule has 0 bridgehead atoms. The number of anilines is 1. The molecule has 1 fully saturated rings. The van der Waals surface area contributed by atoms with E-state index in [4.69, 9.17) is 10.00 Å². The van der Waals surface area contributed by atoms with Gasteiger partial charge < -0.3 is 9.64 Å². The molecule has 1 unspecified atom stereocenters. The van der Waals surface area contributed by atoms with Crippen molar-refractivity contribution in [2.24, 2.45) is 0 Å². The average molecular weight is 258 g/mol. The summed E-state index contributed by atoms with van der Waals surface area (Å²) in [4.78, 5) is 24.9. The number of benzene rings is 1. The molecule has 98 valence electrons. The second-order valence-corrected chi connectivity index (χ2v) is 4.37. The predicted octanol–water partition coefficient (Wildman–Crippen LogP) is 1.88. The van der Waals surface area contributed by atoms with Gasteiger partial charge in [0.05, 0.1) is 5.56 Å². The van der Waals surface area contributed by atoms with Gasteiger partial charge in [-0.15, -0.1) is 0 Å². The van der Waals surface area contributed by atoms with Crippen LogP contribution in [0, 0.1) is 11.3 Å². The topological polar surface area (TPSA) is 70.4 Å². The van der Waals surface area contributed by atoms with Gasteiger partial charge in [0.1, 0.15) is 6.07 Å². The molecule has 1 aromatic carbocycles. The SMILES string of the molecule is CC(C#N)OC(=O)c1ccc(N2CCCC2=O)cc1. The maximum Gasteiger partial charge on any atom is 0.339 e. The van der Waals surface area contributed by atoms with E-state index in [1.165, 1.54) is 6.92 Å². The summed E-state index contributed by atoms with van der Waals surface area (Å²) in [7, 11) is 0. The third-order valence-corrected chi connectivity index (χ3v) is 2.95. The molecule has 5 heteroatoms. The molecule has 0 radical (unpaired) electrons. The lowest BCUT2D eigenvalue weighted by molar-refractivity contribution is -0.117. The molecule has 1 aliphatic heterocycles. The molecule has 19 heavy (non-hydrogen) atoms. The highest BCUT2D eigenvalue weighted by Gasteiger charge is 2.21. The van der Waals surface area contributed by atoms with E-state index in [-0.39, 0.29) is 5.91 Å². The fourth-order valence-electron chi connectivity index (χ4n) is 1.95. The largest absolute Gasteiger partial charge is 0.444 e. The Morgan fingerprint density at radius 1 is 1.42 bits per heavy atom. The smallest absolute Gasteiger partial charge is 0.339 e. The van der Waals surface area contributed by atoms with Crippen LogP contribution in [0.25, 0.3) is 0 Å². The number of amides is 1. The Bertz CT molecular complexity index is 531. The van der Waals surface area contributed by atoms with E-state index in [9.17, 15) is 9.59 Å². The minimum atomic E-state index is -0.771. The van der Waals surface area contributed by atoms with Crippen molar-refractivity contribution in [3.8, 4) is 6.07 Å². The van der Waals surface area contributed by atoms with Crippen LogP contribution < -0.4 is 4.90 Å². The first-order valence-corrected chi connectivity index (χ1v) is 6.13. The number of hydrogen-bond acceptors (Lipinski definition) is 4. The average Bonchev–Trinajstić information content (AvgIpc) is 2.85. The fourth-order valence-corrected chi connectivity index (χ4v) is 1.95. The van der Waals surface area contributed by atoms with Gasteiger partial charge in [0.15, 0.2) is 6.10 Å². The Balaban J connectivity index is 2.08. The highest BCUT2D eigenvalue weighted by Crippen LogP contribution is 2.21. The van der Waals surface area contributed by atoms with Gasteiger partial charge in [0.2, 0.25) is 5.91 Å². The van der Waals surface area contributed by atoms with Crippen molar-refractivity contribution in [3.63, 3.8) is 0 Å². The number of hydrogen-bond donors (Lipinski definition) is 0. The Labute approximate surface area is 111 Å². The predicted molar refractivity (Wildman–Crippen MR) is 68.5 cm³/mol. The standard InChI is InChI=1S/C14H14N2O3/c1-10(9-15)19-14(18)11-4-6-12(7-5-11)16-8-2-3-13(16)17/h4-7,10H,2-3,8H2,1H3. The van der Waals surface area contributed by atoms with Gasteiger partial charge in [0.25, 0.3) is 0 Å². The molecule has 0 aliphatic carbocycles. The molecular weight excluding hydrogens is 244 g/mol. The quantitative estimate of drug-likeness (QED) is 0.776. The zero-order valence-corrected chi connectivity index (χ0v) is 10.6. The summed E-state index contributed by atoms with van der Waals surface area (Å²) >= 11 is 0. The first kappa shape index (κ1) is 13.1. The Morgan fingerprint density at radius 2 is 2.11 bits per heavy atom. The van der Waals surface area contributed by atoms with Gasteiger partial charge in [0, 0.05) is 18.7 Å². The van der Waals surface area contributed by atoms with Crippen LogP contribution in [0.4, 0.5) is 5.69 Å². The summed E-state index contributed by atoms with van der Waals surface area (Å²) in [6, 6.07) is 8.48. The lowest BCUT2D eigenvalue weighted by Crippen LogP contribution is -2.23. The number of ether oxygens (including phenoxy) is 1. The van der Waals surface area contributed by atoms with E-state index in [1.54, 1.807) is 29.2 Å². The monoisotopic (exact) mass is 258 g/mol. The van der Waals surface area contributed by atoms with Crippen molar-refractivity contribution >= 4 is 17.6 Å². The second kappa shape index (κ2) is 5.53. The zero-order valence-electron chi connectivity index (χ0n) is 10.6. The van der Waals surface area contributed by atoms with E-state index in [0.29, 0.717) is 18.5 Å². The van der Waals surface area contributed by atoms with E-state index in [2.05, 4.69) is 0 Å².